The van der Waals surface area contributed by atoms with Crippen molar-refractivity contribution in [3.05, 3.63) is 71.8 Å². The van der Waals surface area contributed by atoms with Crippen molar-refractivity contribution in [3.8, 4) is 0 Å². The molecule has 18 heavy (non-hydrogen) atoms. The zero-order chi connectivity index (χ0) is 13.0. The van der Waals surface area contributed by atoms with E-state index >= 15 is 0 Å². The molecule has 0 aliphatic heterocycles. The second kappa shape index (κ2) is 5.27. The predicted molar refractivity (Wildman–Crippen MR) is 73.9 cm³/mol. The van der Waals surface area contributed by atoms with E-state index in [4.69, 9.17) is 0 Å². The van der Waals surface area contributed by atoms with Gasteiger partial charge in [-0.15, -0.1) is 0 Å². The summed E-state index contributed by atoms with van der Waals surface area (Å²) < 4.78 is -1.31. The zero-order valence-corrected chi connectivity index (χ0v) is 11.1. The van der Waals surface area contributed by atoms with Crippen LogP contribution < -0.4 is 0 Å². The number of benzene rings is 2. The van der Waals surface area contributed by atoms with Gasteiger partial charge in [0, 0.05) is 5.56 Å². The predicted octanol–water partition coefficient (Wildman–Crippen LogP) is 3.36. The maximum atomic E-state index is 12.4. The molecule has 0 bridgehead atoms. The van der Waals surface area contributed by atoms with E-state index in [1.807, 2.05) is 12.1 Å². The Balaban J connectivity index is 2.46. The minimum atomic E-state index is -1.31. The molecular weight excluding hydrogens is 292 g/mol. The Bertz CT molecular complexity index is 551. The van der Waals surface area contributed by atoms with E-state index in [-0.39, 0.29) is 5.78 Å². The van der Waals surface area contributed by atoms with Crippen LogP contribution in [-0.2, 0) is 9.12 Å². The molecule has 0 aliphatic carbocycles. The summed E-state index contributed by atoms with van der Waals surface area (Å²) in [6.07, 6.45) is 0.637. The third kappa shape index (κ3) is 2.27. The maximum Gasteiger partial charge on any atom is 0.191 e. The number of carbonyl (C=O) groups excluding carboxylic acids is 2. The number of aldehydes is 1. The van der Waals surface area contributed by atoms with Crippen molar-refractivity contribution in [3.63, 3.8) is 0 Å². The van der Waals surface area contributed by atoms with Gasteiger partial charge in [-0.3, -0.25) is 4.79 Å². The molecule has 0 heterocycles. The van der Waals surface area contributed by atoms with E-state index in [1.54, 1.807) is 48.5 Å². The molecule has 0 saturated heterocycles. The molecule has 2 rings (SSSR count). The SMILES string of the molecule is O=CC(Br)(C(=O)c1ccccc1)c1ccccc1. The standard InChI is InChI=1S/C15H11BrO2/c16-15(11-17,13-9-5-2-6-10-13)14(18)12-7-3-1-4-8-12/h1-11H. The van der Waals surface area contributed by atoms with Crippen LogP contribution in [0.5, 0.6) is 0 Å². The molecule has 2 aromatic rings. The van der Waals surface area contributed by atoms with Crippen molar-refractivity contribution in [2.45, 2.75) is 4.32 Å². The monoisotopic (exact) mass is 302 g/mol. The molecule has 2 aromatic carbocycles. The summed E-state index contributed by atoms with van der Waals surface area (Å²) in [5.41, 5.74) is 1.14. The van der Waals surface area contributed by atoms with Crippen LogP contribution in [0.25, 0.3) is 0 Å². The quantitative estimate of drug-likeness (QED) is 0.376. The van der Waals surface area contributed by atoms with Gasteiger partial charge in [-0.05, 0) is 5.56 Å². The average Bonchev–Trinajstić information content (AvgIpc) is 2.47. The van der Waals surface area contributed by atoms with Gasteiger partial charge in [0.1, 0.15) is 6.29 Å². The van der Waals surface area contributed by atoms with Crippen molar-refractivity contribution in [1.82, 2.24) is 0 Å². The number of ketones is 1. The second-order valence-electron chi connectivity index (χ2n) is 3.89. The highest BCUT2D eigenvalue weighted by molar-refractivity contribution is 9.10. The molecule has 0 aromatic heterocycles. The summed E-state index contributed by atoms with van der Waals surface area (Å²) in [5, 5.41) is 0. The van der Waals surface area contributed by atoms with Crippen LogP contribution in [-0.4, -0.2) is 12.1 Å². The number of alkyl halides is 1. The van der Waals surface area contributed by atoms with E-state index in [1.165, 1.54) is 0 Å². The van der Waals surface area contributed by atoms with Crippen molar-refractivity contribution in [2.75, 3.05) is 0 Å². The van der Waals surface area contributed by atoms with Crippen molar-refractivity contribution in [1.29, 1.82) is 0 Å². The van der Waals surface area contributed by atoms with Crippen molar-refractivity contribution in [2.24, 2.45) is 0 Å². The summed E-state index contributed by atoms with van der Waals surface area (Å²) >= 11 is 3.28. The lowest BCUT2D eigenvalue weighted by Gasteiger charge is -2.20. The van der Waals surface area contributed by atoms with Gasteiger partial charge >= 0.3 is 0 Å². The van der Waals surface area contributed by atoms with Crippen LogP contribution in [0.3, 0.4) is 0 Å². The summed E-state index contributed by atoms with van der Waals surface area (Å²) in [6.45, 7) is 0. The topological polar surface area (TPSA) is 34.1 Å². The Kier molecular flexibility index (Phi) is 3.72. The van der Waals surface area contributed by atoms with Crippen LogP contribution in [0.2, 0.25) is 0 Å². The number of hydrogen-bond acceptors (Lipinski definition) is 2. The number of hydrogen-bond donors (Lipinski definition) is 0. The number of Topliss-reactive ketones (excluding diaryl/α,β-unsaturated/α-hetero) is 1. The van der Waals surface area contributed by atoms with Gasteiger partial charge in [-0.2, -0.15) is 0 Å². The Hall–Kier alpha value is -1.74. The molecule has 90 valence electrons. The Morgan fingerprint density at radius 3 is 1.94 bits per heavy atom. The lowest BCUT2D eigenvalue weighted by Crippen LogP contribution is -2.31. The molecule has 1 unspecified atom stereocenters. The van der Waals surface area contributed by atoms with Gasteiger partial charge in [0.05, 0.1) is 0 Å². The fourth-order valence-electron chi connectivity index (χ4n) is 1.73. The van der Waals surface area contributed by atoms with Gasteiger partial charge < -0.3 is 4.79 Å². The third-order valence-corrected chi connectivity index (χ3v) is 3.73. The Labute approximate surface area is 114 Å². The molecule has 0 radical (unpaired) electrons. The average molecular weight is 303 g/mol. The summed E-state index contributed by atoms with van der Waals surface area (Å²) in [6, 6.07) is 17.7. The van der Waals surface area contributed by atoms with Crippen LogP contribution in [0, 0.1) is 0 Å². The third-order valence-electron chi connectivity index (χ3n) is 2.72. The first-order chi connectivity index (χ1) is 8.68. The fourth-order valence-corrected chi connectivity index (χ4v) is 2.23. The zero-order valence-electron chi connectivity index (χ0n) is 9.55. The van der Waals surface area contributed by atoms with Gasteiger partial charge in [-0.25, -0.2) is 0 Å². The second-order valence-corrected chi connectivity index (χ2v) is 5.14. The molecule has 0 spiro atoms. The van der Waals surface area contributed by atoms with E-state index in [9.17, 15) is 9.59 Å². The first-order valence-corrected chi connectivity index (χ1v) is 6.28. The highest BCUT2D eigenvalue weighted by atomic mass is 79.9. The smallest absolute Gasteiger partial charge is 0.191 e. The number of carbonyl (C=O) groups is 2. The van der Waals surface area contributed by atoms with E-state index in [0.717, 1.165) is 0 Å². The Morgan fingerprint density at radius 2 is 1.44 bits per heavy atom. The van der Waals surface area contributed by atoms with Crippen LogP contribution >= 0.6 is 15.9 Å². The van der Waals surface area contributed by atoms with Crippen molar-refractivity contribution < 1.29 is 9.59 Å². The van der Waals surface area contributed by atoms with Gasteiger partial charge in [-0.1, -0.05) is 76.6 Å². The minimum Gasteiger partial charge on any atom is -0.301 e. The highest BCUT2D eigenvalue weighted by Gasteiger charge is 2.37. The molecule has 2 nitrogen and oxygen atoms in total. The van der Waals surface area contributed by atoms with Crippen molar-refractivity contribution >= 4 is 28.0 Å². The first kappa shape index (κ1) is 12.7. The Morgan fingerprint density at radius 1 is 0.944 bits per heavy atom. The molecule has 0 aliphatic rings. The molecule has 0 fully saturated rings. The molecule has 3 heteroatoms. The fraction of sp³-hybridized carbons (Fsp3) is 0.0667. The first-order valence-electron chi connectivity index (χ1n) is 5.49. The van der Waals surface area contributed by atoms with E-state index in [2.05, 4.69) is 15.9 Å². The lowest BCUT2D eigenvalue weighted by molar-refractivity contribution is -0.108. The van der Waals surface area contributed by atoms with Crippen LogP contribution in [0.15, 0.2) is 60.7 Å². The summed E-state index contributed by atoms with van der Waals surface area (Å²) in [5.74, 6) is -0.260. The van der Waals surface area contributed by atoms with Crippen LogP contribution in [0.4, 0.5) is 0 Å². The van der Waals surface area contributed by atoms with Crippen LogP contribution in [0.1, 0.15) is 15.9 Å². The molecule has 0 N–H and O–H groups in total. The number of halogens is 1. The molecule has 0 saturated carbocycles. The van der Waals surface area contributed by atoms with E-state index < -0.39 is 4.32 Å². The molecular formula is C15H11BrO2. The number of rotatable bonds is 4. The maximum absolute atomic E-state index is 12.4. The summed E-state index contributed by atoms with van der Waals surface area (Å²) in [4.78, 5) is 23.8. The largest absolute Gasteiger partial charge is 0.301 e. The molecule has 0 amide bonds. The van der Waals surface area contributed by atoms with Gasteiger partial charge in [0.15, 0.2) is 10.1 Å². The highest BCUT2D eigenvalue weighted by Crippen LogP contribution is 2.32. The normalized spacial score (nSPS) is 13.6. The lowest BCUT2D eigenvalue weighted by atomic mass is 9.91. The summed E-state index contributed by atoms with van der Waals surface area (Å²) in [7, 11) is 0. The van der Waals surface area contributed by atoms with Gasteiger partial charge in [0.2, 0.25) is 0 Å². The van der Waals surface area contributed by atoms with E-state index in [0.29, 0.717) is 17.4 Å². The van der Waals surface area contributed by atoms with Gasteiger partial charge in [0.25, 0.3) is 0 Å². The minimum absolute atomic E-state index is 0.260. The molecule has 1 atom stereocenters.